The first-order chi connectivity index (χ1) is 19.5. The average Bonchev–Trinajstić information content (AvgIpc) is 2.99. The van der Waals surface area contributed by atoms with Crippen LogP contribution in [0.2, 0.25) is 0 Å². The van der Waals surface area contributed by atoms with Gasteiger partial charge in [-0.2, -0.15) is 4.98 Å². The Kier molecular flexibility index (Phi) is 8.69. The number of nitrogens with one attached hydrogen (secondary N) is 1. The fourth-order valence-electron chi connectivity index (χ4n) is 5.79. The van der Waals surface area contributed by atoms with Crippen molar-refractivity contribution in [3.05, 3.63) is 60.3 Å². The number of benzene rings is 2. The highest BCUT2D eigenvalue weighted by Crippen LogP contribution is 2.31. The summed E-state index contributed by atoms with van der Waals surface area (Å²) in [5, 5.41) is 16.0. The summed E-state index contributed by atoms with van der Waals surface area (Å²) in [7, 11) is 0. The third-order valence-electron chi connectivity index (χ3n) is 7.97. The molecule has 0 saturated carbocycles. The van der Waals surface area contributed by atoms with Crippen LogP contribution in [0.1, 0.15) is 31.5 Å². The van der Waals surface area contributed by atoms with E-state index in [1.54, 1.807) is 12.1 Å². The quantitative estimate of drug-likeness (QED) is 0.393. The normalized spacial score (nSPS) is 16.4. The lowest BCUT2D eigenvalue weighted by atomic mass is 10.1. The molecule has 1 amide bonds. The summed E-state index contributed by atoms with van der Waals surface area (Å²) in [6.07, 6.45) is 3.35. The number of piperazine rings is 2. The highest BCUT2D eigenvalue weighted by molar-refractivity contribution is 5.95. The molecule has 212 valence electrons. The first kappa shape index (κ1) is 27.7. The number of aromatic hydroxyl groups is 1. The van der Waals surface area contributed by atoms with E-state index in [0.29, 0.717) is 19.6 Å². The molecule has 40 heavy (non-hydrogen) atoms. The number of anilines is 3. The zero-order valence-electron chi connectivity index (χ0n) is 23.8. The summed E-state index contributed by atoms with van der Waals surface area (Å²) in [5.41, 5.74) is 2.97. The molecule has 0 radical (unpaired) electrons. The van der Waals surface area contributed by atoms with E-state index in [0.717, 1.165) is 98.1 Å². The first-order valence-corrected chi connectivity index (χ1v) is 14.5. The van der Waals surface area contributed by atoms with Crippen LogP contribution < -0.4 is 15.1 Å². The zero-order valence-corrected chi connectivity index (χ0v) is 23.8. The number of amides is 1. The highest BCUT2D eigenvalue weighted by Gasteiger charge is 2.27. The van der Waals surface area contributed by atoms with Crippen molar-refractivity contribution in [1.29, 1.82) is 0 Å². The number of carbonyl (C=O) groups is 1. The van der Waals surface area contributed by atoms with E-state index in [2.05, 4.69) is 46.5 Å². The van der Waals surface area contributed by atoms with Gasteiger partial charge in [-0.05, 0) is 36.9 Å². The van der Waals surface area contributed by atoms with Crippen LogP contribution in [0.5, 0.6) is 5.75 Å². The number of nitrogens with zero attached hydrogens (tertiary/aromatic N) is 6. The molecule has 2 aliphatic rings. The van der Waals surface area contributed by atoms with Gasteiger partial charge in [0.25, 0.3) is 0 Å². The van der Waals surface area contributed by atoms with Gasteiger partial charge < -0.3 is 25.1 Å². The van der Waals surface area contributed by atoms with Crippen LogP contribution in [0.15, 0.2) is 49.1 Å². The Balaban J connectivity index is 1.46. The molecule has 9 nitrogen and oxygen atoms in total. The molecular weight excluding hydrogens is 502 g/mol. The van der Waals surface area contributed by atoms with Crippen LogP contribution in [0.25, 0.3) is 10.8 Å². The van der Waals surface area contributed by atoms with Gasteiger partial charge >= 0.3 is 0 Å². The van der Waals surface area contributed by atoms with Gasteiger partial charge in [0, 0.05) is 75.1 Å². The summed E-state index contributed by atoms with van der Waals surface area (Å²) in [6, 6.07) is 11.6. The third-order valence-corrected chi connectivity index (χ3v) is 7.97. The highest BCUT2D eigenvalue weighted by atomic mass is 16.3. The second-order valence-electron chi connectivity index (χ2n) is 10.5. The number of hydrogen-bond donors (Lipinski definition) is 2. The van der Waals surface area contributed by atoms with Crippen molar-refractivity contribution in [1.82, 2.24) is 19.8 Å². The van der Waals surface area contributed by atoms with Crippen molar-refractivity contribution in [2.45, 2.75) is 33.2 Å². The van der Waals surface area contributed by atoms with E-state index >= 15 is 0 Å². The molecule has 3 aromatic rings. The topological polar surface area (TPSA) is 88.1 Å². The van der Waals surface area contributed by atoms with Crippen LogP contribution in [0.4, 0.5) is 17.5 Å². The van der Waals surface area contributed by atoms with Gasteiger partial charge in [-0.1, -0.05) is 44.7 Å². The molecule has 0 unspecified atom stereocenters. The number of hydrogen-bond acceptors (Lipinski definition) is 8. The molecule has 2 aliphatic heterocycles. The van der Waals surface area contributed by atoms with E-state index in [4.69, 9.17) is 9.97 Å². The van der Waals surface area contributed by atoms with Crippen molar-refractivity contribution in [3.63, 3.8) is 0 Å². The Labute approximate surface area is 237 Å². The summed E-state index contributed by atoms with van der Waals surface area (Å²) in [4.78, 5) is 31.4. The van der Waals surface area contributed by atoms with Crippen LogP contribution in [0.3, 0.4) is 0 Å². The fraction of sp³-hybridized carbons (Fsp3) is 0.452. The van der Waals surface area contributed by atoms with E-state index in [1.165, 1.54) is 6.08 Å². The predicted molar refractivity (Wildman–Crippen MR) is 162 cm³/mol. The van der Waals surface area contributed by atoms with E-state index in [-0.39, 0.29) is 11.7 Å². The number of rotatable bonds is 9. The summed E-state index contributed by atoms with van der Waals surface area (Å²) >= 11 is 0. The van der Waals surface area contributed by atoms with Gasteiger partial charge in [0.05, 0.1) is 12.2 Å². The summed E-state index contributed by atoms with van der Waals surface area (Å²) in [5.74, 6) is 1.95. The molecule has 0 atom stereocenters. The van der Waals surface area contributed by atoms with Crippen LogP contribution >= 0.6 is 0 Å². The smallest absolute Gasteiger partial charge is 0.246 e. The minimum Gasteiger partial charge on any atom is -0.508 e. The lowest BCUT2D eigenvalue weighted by Crippen LogP contribution is -2.49. The second-order valence-corrected chi connectivity index (χ2v) is 10.5. The van der Waals surface area contributed by atoms with Crippen LogP contribution in [0, 0.1) is 0 Å². The largest absolute Gasteiger partial charge is 0.508 e. The number of phenolic OH excluding ortho intramolecular Hbond substituents is 1. The minimum absolute atomic E-state index is 0.0214. The number of phenols is 1. The fourth-order valence-corrected chi connectivity index (χ4v) is 5.79. The molecule has 2 aromatic carbocycles. The van der Waals surface area contributed by atoms with Gasteiger partial charge in [0.1, 0.15) is 11.6 Å². The molecule has 2 fully saturated rings. The molecule has 1 aromatic heterocycles. The number of fused-ring (bicyclic) bond motifs is 1. The molecule has 5 rings (SSSR count). The number of carbonyl (C=O) groups excluding carboxylic acids is 1. The van der Waals surface area contributed by atoms with Crippen molar-refractivity contribution in [2.75, 3.05) is 74.0 Å². The Bertz CT molecular complexity index is 1350. The number of aromatic nitrogens is 2. The van der Waals surface area contributed by atoms with Gasteiger partial charge in [-0.25, -0.2) is 4.98 Å². The van der Waals surface area contributed by atoms with Crippen LogP contribution in [-0.2, 0) is 17.8 Å². The van der Waals surface area contributed by atoms with Crippen molar-refractivity contribution < 1.29 is 9.90 Å². The lowest BCUT2D eigenvalue weighted by Gasteiger charge is -2.38. The standard InChI is InChI=1S/C31H41N7O2/c1-4-11-35-12-14-38(15-13-35)31-33-28(22-32-27-21-24(39)20-23-9-7-8-10-26(23)27)25(5-2)30(34-31)37-18-16-36(17-19-37)29(40)6-3/h6-10,20-21,32,39H,3-5,11-19,22H2,1-2H3. The van der Waals surface area contributed by atoms with E-state index < -0.39 is 0 Å². The monoisotopic (exact) mass is 543 g/mol. The summed E-state index contributed by atoms with van der Waals surface area (Å²) in [6.45, 7) is 16.2. The zero-order chi connectivity index (χ0) is 28.1. The van der Waals surface area contributed by atoms with Gasteiger partial charge in [0.15, 0.2) is 0 Å². The Morgan fingerprint density at radius 3 is 2.42 bits per heavy atom. The molecule has 2 saturated heterocycles. The van der Waals surface area contributed by atoms with Gasteiger partial charge in [-0.15, -0.1) is 0 Å². The van der Waals surface area contributed by atoms with Crippen molar-refractivity contribution in [2.24, 2.45) is 0 Å². The van der Waals surface area contributed by atoms with Crippen LogP contribution in [-0.4, -0.2) is 89.7 Å². The maximum Gasteiger partial charge on any atom is 0.246 e. The molecule has 0 bridgehead atoms. The first-order valence-electron chi connectivity index (χ1n) is 14.5. The Morgan fingerprint density at radius 1 is 1.00 bits per heavy atom. The maximum absolute atomic E-state index is 12.2. The molecular formula is C31H41N7O2. The second kappa shape index (κ2) is 12.6. The van der Waals surface area contributed by atoms with Crippen molar-refractivity contribution >= 4 is 34.1 Å². The van der Waals surface area contributed by atoms with Gasteiger partial charge in [-0.3, -0.25) is 9.69 Å². The van der Waals surface area contributed by atoms with E-state index in [9.17, 15) is 9.90 Å². The predicted octanol–water partition coefficient (Wildman–Crippen LogP) is 3.88. The average molecular weight is 544 g/mol. The Hall–Kier alpha value is -3.85. The third kappa shape index (κ3) is 5.99. The van der Waals surface area contributed by atoms with Crippen molar-refractivity contribution in [3.8, 4) is 5.75 Å². The Morgan fingerprint density at radius 2 is 1.73 bits per heavy atom. The molecule has 2 N–H and O–H groups in total. The molecule has 9 heteroatoms. The van der Waals surface area contributed by atoms with Gasteiger partial charge in [0.2, 0.25) is 11.9 Å². The molecule has 0 aliphatic carbocycles. The SMILES string of the molecule is C=CC(=O)N1CCN(c2nc(N3CCN(CCC)CC3)nc(CNc3cc(O)cc4ccccc34)c2CC)CC1. The lowest BCUT2D eigenvalue weighted by molar-refractivity contribution is -0.126. The maximum atomic E-state index is 12.2. The van der Waals surface area contributed by atoms with E-state index in [1.807, 2.05) is 23.1 Å². The summed E-state index contributed by atoms with van der Waals surface area (Å²) < 4.78 is 0. The minimum atomic E-state index is -0.0214. The molecule has 0 spiro atoms. The molecule has 3 heterocycles.